The maximum Gasteiger partial charge on any atom is 0.243 e. The van der Waals surface area contributed by atoms with Crippen molar-refractivity contribution in [2.75, 3.05) is 21.7 Å². The van der Waals surface area contributed by atoms with Crippen LogP contribution in [0.25, 0.3) is 0 Å². The van der Waals surface area contributed by atoms with Gasteiger partial charge in [0.2, 0.25) is 17.7 Å². The molecule has 0 heterocycles. The Morgan fingerprint density at radius 2 is 1.69 bits per heavy atom. The number of amides is 3. The lowest BCUT2D eigenvalue weighted by Crippen LogP contribution is -2.52. The first-order valence-electron chi connectivity index (χ1n) is 11.5. The van der Waals surface area contributed by atoms with E-state index < -0.39 is 51.8 Å². The molecule has 2 atom stereocenters. The molecule has 188 valence electrons. The number of carbonyl (C=O) groups excluding carboxylic acids is 3. The third-order valence-electron chi connectivity index (χ3n) is 5.78. The van der Waals surface area contributed by atoms with Gasteiger partial charge in [-0.25, -0.2) is 8.78 Å². The van der Waals surface area contributed by atoms with Crippen LogP contribution in [0.4, 0.5) is 20.2 Å². The van der Waals surface area contributed by atoms with Gasteiger partial charge < -0.3 is 10.6 Å². The molecule has 2 aromatic rings. The Kier molecular flexibility index (Phi) is 9.47. The molecule has 1 saturated carbocycles. The van der Waals surface area contributed by atoms with Crippen molar-refractivity contribution in [3.05, 3.63) is 60.2 Å². The third kappa shape index (κ3) is 7.95. The smallest absolute Gasteiger partial charge is 0.243 e. The van der Waals surface area contributed by atoms with Crippen molar-refractivity contribution < 1.29 is 27.4 Å². The molecule has 0 bridgehead atoms. The van der Waals surface area contributed by atoms with Crippen LogP contribution in [0, 0.1) is 11.6 Å². The Labute approximate surface area is 205 Å². The highest BCUT2D eigenvalue weighted by Gasteiger charge is 2.30. The first kappa shape index (κ1) is 26.5. The fourth-order valence-corrected chi connectivity index (χ4v) is 4.91. The van der Waals surface area contributed by atoms with E-state index in [0.29, 0.717) is 5.69 Å². The Bertz CT molecular complexity index is 1070. The maximum absolute atomic E-state index is 13.9. The normalized spacial score (nSPS) is 15.6. The van der Waals surface area contributed by atoms with Crippen molar-refractivity contribution in [3.8, 4) is 0 Å². The molecule has 2 N–H and O–H groups in total. The molecule has 0 aliphatic heterocycles. The van der Waals surface area contributed by atoms with E-state index in [2.05, 4.69) is 10.6 Å². The fraction of sp³-hybridized carbons (Fsp3) is 0.400. The molecule has 1 aliphatic rings. The van der Waals surface area contributed by atoms with Gasteiger partial charge in [0.1, 0.15) is 29.2 Å². The van der Waals surface area contributed by atoms with Gasteiger partial charge in [0.25, 0.3) is 0 Å². The summed E-state index contributed by atoms with van der Waals surface area (Å²) in [5.41, 5.74) is 0.489. The molecule has 1 aliphatic carbocycles. The molecule has 0 spiro atoms. The molecule has 2 aromatic carbocycles. The summed E-state index contributed by atoms with van der Waals surface area (Å²) in [6.45, 7) is 1.53. The number of nitrogens with one attached hydrogen (secondary N) is 2. The van der Waals surface area contributed by atoms with Gasteiger partial charge >= 0.3 is 0 Å². The van der Waals surface area contributed by atoms with Crippen LogP contribution < -0.4 is 15.5 Å². The molecule has 10 heteroatoms. The molecular weight excluding hydrogens is 476 g/mol. The summed E-state index contributed by atoms with van der Waals surface area (Å²) in [5, 5.41) is 5.45. The van der Waals surface area contributed by atoms with Gasteiger partial charge in [-0.2, -0.15) is 0 Å². The molecule has 3 rings (SSSR count). The van der Waals surface area contributed by atoms with Crippen LogP contribution in [0.15, 0.2) is 48.5 Å². The second-order valence-electron chi connectivity index (χ2n) is 8.55. The summed E-state index contributed by atoms with van der Waals surface area (Å²) in [4.78, 5) is 39.4. The van der Waals surface area contributed by atoms with Gasteiger partial charge in [-0.05, 0) is 62.2 Å². The largest absolute Gasteiger partial charge is 0.352 e. The lowest BCUT2D eigenvalue weighted by molar-refractivity contribution is -0.126. The highest BCUT2D eigenvalue weighted by atomic mass is 32.2. The monoisotopic (exact) mass is 505 g/mol. The molecular formula is C25H29F2N3O4S. The predicted molar refractivity (Wildman–Crippen MR) is 131 cm³/mol. The summed E-state index contributed by atoms with van der Waals surface area (Å²) < 4.78 is 39.5. The minimum atomic E-state index is -1.90. The summed E-state index contributed by atoms with van der Waals surface area (Å²) >= 11 is 0. The Hall–Kier alpha value is -3.14. The maximum atomic E-state index is 13.9. The SMILES string of the molecule is C[C@@H](C(=O)NC1CCCCC1)N(C(=O)C[S@](=O)CC(=O)Nc1ccc(F)cc1)c1cccc(F)c1. The molecule has 3 amide bonds. The highest BCUT2D eigenvalue weighted by molar-refractivity contribution is 7.86. The van der Waals surface area contributed by atoms with E-state index >= 15 is 0 Å². The van der Waals surface area contributed by atoms with Gasteiger partial charge in [0.15, 0.2) is 0 Å². The number of anilines is 2. The van der Waals surface area contributed by atoms with Gasteiger partial charge in [-0.1, -0.05) is 25.3 Å². The Balaban J connectivity index is 1.67. The van der Waals surface area contributed by atoms with Gasteiger partial charge in [-0.15, -0.1) is 0 Å². The fourth-order valence-electron chi connectivity index (χ4n) is 4.03. The van der Waals surface area contributed by atoms with Crippen LogP contribution in [0.2, 0.25) is 0 Å². The van der Waals surface area contributed by atoms with Gasteiger partial charge in [-0.3, -0.25) is 23.5 Å². The van der Waals surface area contributed by atoms with E-state index in [1.54, 1.807) is 0 Å². The van der Waals surface area contributed by atoms with Crippen LogP contribution >= 0.6 is 0 Å². The van der Waals surface area contributed by atoms with E-state index in [9.17, 15) is 27.4 Å². The quantitative estimate of drug-likeness (QED) is 0.545. The lowest BCUT2D eigenvalue weighted by atomic mass is 9.95. The first-order chi connectivity index (χ1) is 16.7. The molecule has 0 aromatic heterocycles. The standard InChI is InChI=1S/C25H29F2N3O4S/c1-17(25(33)29-20-7-3-2-4-8-20)30(22-9-5-6-19(27)14-22)24(32)16-35(34)15-23(31)28-21-12-10-18(26)11-13-21/h5-6,9-14,17,20H,2-4,7-8,15-16H2,1H3,(H,28,31)(H,29,33)/t17-,35+/m0/s1. The summed E-state index contributed by atoms with van der Waals surface area (Å²) in [5.74, 6) is -3.71. The van der Waals surface area contributed by atoms with E-state index in [1.807, 2.05) is 0 Å². The topological polar surface area (TPSA) is 95.6 Å². The highest BCUT2D eigenvalue weighted by Crippen LogP contribution is 2.21. The summed E-state index contributed by atoms with van der Waals surface area (Å²) in [7, 11) is -1.90. The number of rotatable bonds is 9. The van der Waals surface area contributed by atoms with Gasteiger partial charge in [0.05, 0.1) is 0 Å². The molecule has 0 saturated heterocycles. The van der Waals surface area contributed by atoms with Crippen molar-refractivity contribution in [2.24, 2.45) is 0 Å². The number of hydrogen-bond donors (Lipinski definition) is 2. The molecule has 1 fully saturated rings. The van der Waals surface area contributed by atoms with Gasteiger partial charge in [0, 0.05) is 28.2 Å². The minimum absolute atomic E-state index is 0.0208. The van der Waals surface area contributed by atoms with Crippen LogP contribution in [-0.2, 0) is 25.2 Å². The zero-order valence-electron chi connectivity index (χ0n) is 19.5. The molecule has 0 radical (unpaired) electrons. The minimum Gasteiger partial charge on any atom is -0.352 e. The summed E-state index contributed by atoms with van der Waals surface area (Å²) in [6, 6.07) is 9.38. The molecule has 35 heavy (non-hydrogen) atoms. The van der Waals surface area contributed by atoms with E-state index in [-0.39, 0.29) is 17.6 Å². The van der Waals surface area contributed by atoms with Crippen LogP contribution in [0.5, 0.6) is 0 Å². The number of nitrogens with zero attached hydrogens (tertiary/aromatic N) is 1. The second-order valence-corrected chi connectivity index (χ2v) is 10.0. The Morgan fingerprint density at radius 3 is 2.34 bits per heavy atom. The number of hydrogen-bond acceptors (Lipinski definition) is 4. The van der Waals surface area contributed by atoms with Crippen molar-refractivity contribution in [1.29, 1.82) is 0 Å². The number of carbonyl (C=O) groups is 3. The van der Waals surface area contributed by atoms with Crippen LogP contribution in [0.3, 0.4) is 0 Å². The number of halogens is 2. The van der Waals surface area contributed by atoms with Crippen LogP contribution in [0.1, 0.15) is 39.0 Å². The average molecular weight is 506 g/mol. The second kappa shape index (κ2) is 12.5. The lowest BCUT2D eigenvalue weighted by Gasteiger charge is -2.31. The van der Waals surface area contributed by atoms with Crippen molar-refractivity contribution in [3.63, 3.8) is 0 Å². The first-order valence-corrected chi connectivity index (χ1v) is 13.0. The van der Waals surface area contributed by atoms with E-state index in [0.717, 1.165) is 43.1 Å². The molecule has 0 unspecified atom stereocenters. The Morgan fingerprint density at radius 1 is 1.00 bits per heavy atom. The van der Waals surface area contributed by atoms with E-state index in [1.165, 1.54) is 49.4 Å². The summed E-state index contributed by atoms with van der Waals surface area (Å²) in [6.07, 6.45) is 4.88. The average Bonchev–Trinajstić information content (AvgIpc) is 2.81. The van der Waals surface area contributed by atoms with E-state index in [4.69, 9.17) is 0 Å². The zero-order chi connectivity index (χ0) is 25.4. The zero-order valence-corrected chi connectivity index (χ0v) is 20.3. The number of benzene rings is 2. The van der Waals surface area contributed by atoms with Crippen molar-refractivity contribution >= 4 is 39.9 Å². The van der Waals surface area contributed by atoms with Crippen molar-refractivity contribution in [2.45, 2.75) is 51.1 Å². The third-order valence-corrected chi connectivity index (χ3v) is 6.93. The van der Waals surface area contributed by atoms with Crippen molar-refractivity contribution in [1.82, 2.24) is 5.32 Å². The molecule has 7 nitrogen and oxygen atoms in total. The predicted octanol–water partition coefficient (Wildman–Crippen LogP) is 3.52. The van der Waals surface area contributed by atoms with Crippen LogP contribution in [-0.4, -0.2) is 45.5 Å².